The molecule has 2 N–H and O–H groups in total. The van der Waals surface area contributed by atoms with Gasteiger partial charge in [-0.2, -0.15) is 8.42 Å². The third-order valence-electron chi connectivity index (χ3n) is 5.96. The second-order valence-corrected chi connectivity index (χ2v) is 9.76. The first-order valence-electron chi connectivity index (χ1n) is 11.0. The lowest BCUT2D eigenvalue weighted by Gasteiger charge is -2.32. The fraction of sp³-hybridized carbons (Fsp3) is 0.455. The summed E-state index contributed by atoms with van der Waals surface area (Å²) in [7, 11) is -3.71. The largest absolute Gasteiger partial charge is 0.463 e. The maximum Gasteiger partial charge on any atom is 0.338 e. The first-order chi connectivity index (χ1) is 16.2. The molecule has 3 heterocycles. The van der Waals surface area contributed by atoms with Crippen LogP contribution in [0.4, 0.5) is 4.79 Å². The summed E-state index contributed by atoms with van der Waals surface area (Å²) in [4.78, 5) is 38.9. The molecule has 0 unspecified atom stereocenters. The van der Waals surface area contributed by atoms with Crippen molar-refractivity contribution in [1.82, 2.24) is 15.5 Å². The van der Waals surface area contributed by atoms with Gasteiger partial charge >= 0.3 is 18.0 Å². The molecule has 4 rings (SSSR count). The minimum atomic E-state index is -3.71. The van der Waals surface area contributed by atoms with Crippen LogP contribution < -0.4 is 10.6 Å². The second kappa shape index (κ2) is 9.45. The molecule has 3 aliphatic heterocycles. The lowest BCUT2D eigenvalue weighted by Crippen LogP contribution is -2.50. The maximum absolute atomic E-state index is 12.7. The van der Waals surface area contributed by atoms with Gasteiger partial charge in [0.25, 0.3) is 10.0 Å². The summed E-state index contributed by atoms with van der Waals surface area (Å²) in [5, 5.41) is 5.11. The van der Waals surface area contributed by atoms with Gasteiger partial charge in [-0.3, -0.25) is 4.79 Å². The molecule has 11 nitrogen and oxygen atoms in total. The Morgan fingerprint density at radius 1 is 1.18 bits per heavy atom. The number of carbonyl (C=O) groups is 3. The standard InChI is InChI=1S/C22H26N4O7S/c1-3-32-21(28)18-13(2)23-22(29)24-16(18)12-33-20(27)14-8-10-26(11-9-14)19-15-6-4-5-7-17(15)34(30,31)25-19/h4-7,13-14H,3,8-12H2,1-2H3,(H2,23,24,29)/t13-/m1/s1. The molecule has 182 valence electrons. The number of nitrogens with zero attached hydrogens (tertiary/aromatic N) is 2. The molecule has 0 aromatic heterocycles. The van der Waals surface area contributed by atoms with Gasteiger partial charge in [0.2, 0.25) is 0 Å². The number of hydrogen-bond donors (Lipinski definition) is 2. The minimum Gasteiger partial charge on any atom is -0.463 e. The molecular formula is C22H26N4O7S. The van der Waals surface area contributed by atoms with Gasteiger partial charge < -0.3 is 25.0 Å². The molecule has 0 aliphatic carbocycles. The summed E-state index contributed by atoms with van der Waals surface area (Å²) in [6.07, 6.45) is 0.905. The van der Waals surface area contributed by atoms with Crippen molar-refractivity contribution >= 4 is 33.8 Å². The van der Waals surface area contributed by atoms with Gasteiger partial charge in [0, 0.05) is 18.7 Å². The summed E-state index contributed by atoms with van der Waals surface area (Å²) in [5.41, 5.74) is 0.975. The quantitative estimate of drug-likeness (QED) is 0.580. The Morgan fingerprint density at radius 2 is 1.88 bits per heavy atom. The van der Waals surface area contributed by atoms with Crippen LogP contribution in [-0.2, 0) is 29.1 Å². The molecule has 0 bridgehead atoms. The smallest absolute Gasteiger partial charge is 0.338 e. The average molecular weight is 491 g/mol. The van der Waals surface area contributed by atoms with Crippen molar-refractivity contribution in [2.45, 2.75) is 37.6 Å². The van der Waals surface area contributed by atoms with Crippen LogP contribution in [0.15, 0.2) is 44.8 Å². The van der Waals surface area contributed by atoms with Crippen molar-refractivity contribution in [3.05, 3.63) is 41.1 Å². The van der Waals surface area contributed by atoms with Crippen molar-refractivity contribution in [3.63, 3.8) is 0 Å². The van der Waals surface area contributed by atoms with Crippen molar-refractivity contribution in [3.8, 4) is 0 Å². The van der Waals surface area contributed by atoms with Crippen LogP contribution in [0.5, 0.6) is 0 Å². The highest BCUT2D eigenvalue weighted by Crippen LogP contribution is 2.30. The van der Waals surface area contributed by atoms with Crippen molar-refractivity contribution in [2.75, 3.05) is 26.3 Å². The van der Waals surface area contributed by atoms with Gasteiger partial charge in [-0.1, -0.05) is 12.1 Å². The third kappa shape index (κ3) is 4.63. The van der Waals surface area contributed by atoms with Crippen LogP contribution in [0.3, 0.4) is 0 Å². The summed E-state index contributed by atoms with van der Waals surface area (Å²) in [6, 6.07) is 5.60. The number of fused-ring (bicyclic) bond motifs is 1. The molecule has 0 spiro atoms. The molecule has 0 radical (unpaired) electrons. The number of nitrogens with one attached hydrogen (secondary N) is 2. The van der Waals surface area contributed by atoms with Gasteiger partial charge in [0.05, 0.1) is 29.8 Å². The van der Waals surface area contributed by atoms with E-state index in [1.54, 1.807) is 32.0 Å². The Bertz CT molecular complexity index is 1180. The number of hydrogen-bond acceptors (Lipinski definition) is 8. The molecular weight excluding hydrogens is 464 g/mol. The van der Waals surface area contributed by atoms with E-state index in [4.69, 9.17) is 9.47 Å². The first-order valence-corrected chi connectivity index (χ1v) is 12.5. The predicted molar refractivity (Wildman–Crippen MR) is 120 cm³/mol. The highest BCUT2D eigenvalue weighted by Gasteiger charge is 2.35. The van der Waals surface area contributed by atoms with E-state index in [1.807, 2.05) is 4.90 Å². The highest BCUT2D eigenvalue weighted by atomic mass is 32.2. The molecule has 1 aromatic rings. The van der Waals surface area contributed by atoms with Gasteiger partial charge in [0.1, 0.15) is 11.5 Å². The van der Waals surface area contributed by atoms with Crippen molar-refractivity contribution in [1.29, 1.82) is 0 Å². The fourth-order valence-corrected chi connectivity index (χ4v) is 5.53. The Labute approximate surface area is 197 Å². The van der Waals surface area contributed by atoms with E-state index in [9.17, 15) is 22.8 Å². The maximum atomic E-state index is 12.7. The SMILES string of the molecule is CCOC(=O)C1=C(COC(=O)C2CCN(C3=NS(=O)(=O)c4ccccc43)CC2)NC(=O)N[C@@H]1C. The zero-order valence-electron chi connectivity index (χ0n) is 18.9. The number of esters is 2. The van der Waals surface area contributed by atoms with Gasteiger partial charge in [-0.05, 0) is 38.8 Å². The van der Waals surface area contributed by atoms with E-state index in [0.29, 0.717) is 37.3 Å². The molecule has 3 aliphatic rings. The van der Waals surface area contributed by atoms with E-state index < -0.39 is 40.0 Å². The number of rotatable bonds is 5. The molecule has 12 heteroatoms. The topological polar surface area (TPSA) is 143 Å². The highest BCUT2D eigenvalue weighted by molar-refractivity contribution is 7.90. The van der Waals surface area contributed by atoms with Crippen LogP contribution in [0.2, 0.25) is 0 Å². The zero-order chi connectivity index (χ0) is 24.5. The van der Waals surface area contributed by atoms with E-state index >= 15 is 0 Å². The van der Waals surface area contributed by atoms with Crippen LogP contribution in [0.1, 0.15) is 32.3 Å². The molecule has 1 fully saturated rings. The van der Waals surface area contributed by atoms with Crippen LogP contribution in [0, 0.1) is 5.92 Å². The summed E-state index contributed by atoms with van der Waals surface area (Å²) < 4.78 is 39.1. The summed E-state index contributed by atoms with van der Waals surface area (Å²) in [5.74, 6) is -1.03. The zero-order valence-corrected chi connectivity index (χ0v) is 19.7. The average Bonchev–Trinajstić information content (AvgIpc) is 3.08. The number of amides is 2. The van der Waals surface area contributed by atoms with Gasteiger partial charge in [-0.15, -0.1) is 4.40 Å². The van der Waals surface area contributed by atoms with Crippen molar-refractivity contribution in [2.24, 2.45) is 10.3 Å². The lowest BCUT2D eigenvalue weighted by atomic mass is 9.96. The Kier molecular flexibility index (Phi) is 6.60. The third-order valence-corrected chi connectivity index (χ3v) is 7.29. The Balaban J connectivity index is 1.38. The predicted octanol–water partition coefficient (Wildman–Crippen LogP) is 0.909. The molecule has 2 amide bonds. The number of amidine groups is 1. The van der Waals surface area contributed by atoms with Crippen molar-refractivity contribution < 1.29 is 32.3 Å². The van der Waals surface area contributed by atoms with E-state index in [0.717, 1.165) is 0 Å². The normalized spacial score (nSPS) is 21.8. The van der Waals surface area contributed by atoms with E-state index in [1.165, 1.54) is 6.07 Å². The van der Waals surface area contributed by atoms with Gasteiger partial charge in [0.15, 0.2) is 5.84 Å². The summed E-state index contributed by atoms with van der Waals surface area (Å²) >= 11 is 0. The molecule has 1 saturated heterocycles. The second-order valence-electron chi connectivity index (χ2n) is 8.19. The first kappa shape index (κ1) is 23.7. The number of piperidine rings is 1. The number of ether oxygens (including phenoxy) is 2. The van der Waals surface area contributed by atoms with E-state index in [2.05, 4.69) is 15.0 Å². The van der Waals surface area contributed by atoms with Crippen LogP contribution >= 0.6 is 0 Å². The van der Waals surface area contributed by atoms with E-state index in [-0.39, 0.29) is 29.4 Å². The molecule has 1 aromatic carbocycles. The summed E-state index contributed by atoms with van der Waals surface area (Å²) in [6.45, 7) is 4.12. The number of urea groups is 1. The van der Waals surface area contributed by atoms with Crippen LogP contribution in [0.25, 0.3) is 0 Å². The Hall–Kier alpha value is -3.41. The lowest BCUT2D eigenvalue weighted by molar-refractivity contribution is -0.149. The van der Waals surface area contributed by atoms with Gasteiger partial charge in [-0.25, -0.2) is 9.59 Å². The number of likely N-dealkylation sites (tertiary alicyclic amines) is 1. The number of benzene rings is 1. The number of carbonyl (C=O) groups excluding carboxylic acids is 3. The Morgan fingerprint density at radius 3 is 2.59 bits per heavy atom. The molecule has 1 atom stereocenters. The molecule has 0 saturated carbocycles. The minimum absolute atomic E-state index is 0.172. The fourth-order valence-electron chi connectivity index (χ4n) is 4.30. The molecule has 34 heavy (non-hydrogen) atoms. The monoisotopic (exact) mass is 490 g/mol. The number of sulfonamides is 1. The van der Waals surface area contributed by atoms with Crippen LogP contribution in [-0.4, -0.2) is 69.5 Å².